The van der Waals surface area contributed by atoms with Crippen molar-refractivity contribution in [2.45, 2.75) is 45.4 Å². The van der Waals surface area contributed by atoms with Crippen LogP contribution in [-0.2, 0) is 4.74 Å². The van der Waals surface area contributed by atoms with Gasteiger partial charge >= 0.3 is 0 Å². The number of nitrogens with one attached hydrogen (secondary N) is 1. The zero-order valence-corrected chi connectivity index (χ0v) is 14.2. The van der Waals surface area contributed by atoms with Gasteiger partial charge in [0.15, 0.2) is 0 Å². The van der Waals surface area contributed by atoms with E-state index in [1.165, 1.54) is 25.6 Å². The van der Waals surface area contributed by atoms with E-state index in [0.29, 0.717) is 11.6 Å². The molecule has 0 spiro atoms. The average Bonchev–Trinajstić information content (AvgIpc) is 2.91. The normalized spacial score (nSPS) is 15.3. The van der Waals surface area contributed by atoms with Crippen LogP contribution < -0.4 is 0 Å². The molecule has 0 unspecified atom stereocenters. The van der Waals surface area contributed by atoms with Crippen LogP contribution in [0, 0.1) is 5.41 Å². The molecule has 2 aromatic heterocycles. The Bertz CT molecular complexity index is 719. The summed E-state index contributed by atoms with van der Waals surface area (Å²) >= 11 is 1.63. The van der Waals surface area contributed by atoms with E-state index in [0.717, 1.165) is 27.6 Å². The third-order valence-corrected chi connectivity index (χ3v) is 5.16. The van der Waals surface area contributed by atoms with Gasteiger partial charge in [-0.05, 0) is 32.3 Å². The minimum absolute atomic E-state index is 0.0906. The Labute approximate surface area is 140 Å². The number of aromatic nitrogens is 3. The van der Waals surface area contributed by atoms with Gasteiger partial charge in [0.2, 0.25) is 5.90 Å². The molecule has 0 aliphatic heterocycles. The summed E-state index contributed by atoms with van der Waals surface area (Å²) in [5.74, 6) is 1.34. The SMILES string of the molecule is CC/C=C(\C)OC(=N)c1nc(C2CCC2)sc1-c1cncnc1. The molecule has 23 heavy (non-hydrogen) atoms. The first kappa shape index (κ1) is 15.8. The number of allylic oxidation sites excluding steroid dienone is 2. The van der Waals surface area contributed by atoms with Crippen molar-refractivity contribution >= 4 is 17.2 Å². The van der Waals surface area contributed by atoms with E-state index in [2.05, 4.69) is 9.97 Å². The third kappa shape index (κ3) is 3.47. The van der Waals surface area contributed by atoms with Crippen molar-refractivity contribution in [3.8, 4) is 10.4 Å². The molecular weight excluding hydrogens is 308 g/mol. The Morgan fingerprint density at radius 2 is 2.13 bits per heavy atom. The Morgan fingerprint density at radius 1 is 1.39 bits per heavy atom. The number of hydrogen-bond acceptors (Lipinski definition) is 6. The summed E-state index contributed by atoms with van der Waals surface area (Å²) in [6.07, 6.45) is 11.5. The Morgan fingerprint density at radius 3 is 2.74 bits per heavy atom. The number of hydrogen-bond donors (Lipinski definition) is 1. The lowest BCUT2D eigenvalue weighted by atomic mass is 9.86. The minimum atomic E-state index is 0.0906. The van der Waals surface area contributed by atoms with Gasteiger partial charge < -0.3 is 4.74 Å². The molecule has 120 valence electrons. The van der Waals surface area contributed by atoms with E-state index in [-0.39, 0.29) is 5.90 Å². The van der Waals surface area contributed by atoms with Crippen molar-refractivity contribution in [2.24, 2.45) is 0 Å². The maximum Gasteiger partial charge on any atom is 0.239 e. The standard InChI is InChI=1S/C17H20N4OS/c1-3-5-11(2)22-16(18)14-15(13-8-19-10-20-9-13)23-17(21-14)12-6-4-7-12/h5,8-10,12,18H,3-4,6-7H2,1-2H3/b11-5+,18-16?. The first-order chi connectivity index (χ1) is 11.2. The molecule has 5 nitrogen and oxygen atoms in total. The molecule has 0 bridgehead atoms. The summed E-state index contributed by atoms with van der Waals surface area (Å²) in [5.41, 5.74) is 1.48. The second kappa shape index (κ2) is 7.00. The second-order valence-corrected chi connectivity index (χ2v) is 6.67. The van der Waals surface area contributed by atoms with Gasteiger partial charge in [0.25, 0.3) is 0 Å². The molecule has 2 aromatic rings. The van der Waals surface area contributed by atoms with E-state index in [1.54, 1.807) is 23.7 Å². The molecule has 0 radical (unpaired) electrons. The van der Waals surface area contributed by atoms with Crippen LogP contribution >= 0.6 is 11.3 Å². The van der Waals surface area contributed by atoms with Gasteiger partial charge in [0.05, 0.1) is 15.6 Å². The number of rotatable bonds is 5. The molecule has 0 aromatic carbocycles. The predicted molar refractivity (Wildman–Crippen MR) is 91.7 cm³/mol. The Kier molecular flexibility index (Phi) is 4.81. The smallest absolute Gasteiger partial charge is 0.239 e. The summed E-state index contributed by atoms with van der Waals surface area (Å²) in [7, 11) is 0. The van der Waals surface area contributed by atoms with E-state index in [4.69, 9.17) is 15.1 Å². The maximum absolute atomic E-state index is 8.30. The minimum Gasteiger partial charge on any atom is -0.443 e. The topological polar surface area (TPSA) is 71.8 Å². The van der Waals surface area contributed by atoms with Gasteiger partial charge in [0, 0.05) is 23.9 Å². The van der Waals surface area contributed by atoms with Crippen molar-refractivity contribution in [3.05, 3.63) is 41.3 Å². The summed E-state index contributed by atoms with van der Waals surface area (Å²) in [6, 6.07) is 0. The van der Waals surface area contributed by atoms with Gasteiger partial charge in [0.1, 0.15) is 12.0 Å². The monoisotopic (exact) mass is 328 g/mol. The summed E-state index contributed by atoms with van der Waals surface area (Å²) in [4.78, 5) is 13.8. The molecule has 1 saturated carbocycles. The third-order valence-electron chi connectivity index (χ3n) is 3.89. The van der Waals surface area contributed by atoms with Crippen LogP contribution in [0.4, 0.5) is 0 Å². The number of thiazole rings is 1. The van der Waals surface area contributed by atoms with Crippen molar-refractivity contribution in [1.29, 1.82) is 5.41 Å². The fourth-order valence-electron chi connectivity index (χ4n) is 2.47. The summed E-state index contributed by atoms with van der Waals surface area (Å²) in [6.45, 7) is 3.91. The van der Waals surface area contributed by atoms with E-state index >= 15 is 0 Å². The fourth-order valence-corrected chi connectivity index (χ4v) is 3.68. The molecule has 0 saturated heterocycles. The zero-order chi connectivity index (χ0) is 16.2. The molecule has 6 heteroatoms. The zero-order valence-electron chi connectivity index (χ0n) is 13.4. The Hall–Kier alpha value is -2.08. The van der Waals surface area contributed by atoms with Gasteiger partial charge in [-0.2, -0.15) is 0 Å². The van der Waals surface area contributed by atoms with Gasteiger partial charge in [-0.15, -0.1) is 11.3 Å². The number of ether oxygens (including phenoxy) is 1. The highest BCUT2D eigenvalue weighted by Crippen LogP contribution is 2.42. The van der Waals surface area contributed by atoms with E-state index in [1.807, 2.05) is 19.9 Å². The van der Waals surface area contributed by atoms with Gasteiger partial charge in [-0.25, -0.2) is 15.0 Å². The highest BCUT2D eigenvalue weighted by atomic mass is 32.1. The van der Waals surface area contributed by atoms with Crippen LogP contribution in [-0.4, -0.2) is 20.8 Å². The summed E-state index contributed by atoms with van der Waals surface area (Å²) < 4.78 is 5.63. The Balaban J connectivity index is 1.95. The molecule has 0 atom stereocenters. The lowest BCUT2D eigenvalue weighted by molar-refractivity contribution is 0.407. The molecule has 3 rings (SSSR count). The van der Waals surface area contributed by atoms with Crippen LogP contribution in [0.2, 0.25) is 0 Å². The van der Waals surface area contributed by atoms with Crippen molar-refractivity contribution in [3.63, 3.8) is 0 Å². The second-order valence-electron chi connectivity index (χ2n) is 5.64. The molecule has 1 aliphatic rings. The van der Waals surface area contributed by atoms with Crippen LogP contribution in [0.1, 0.15) is 56.2 Å². The van der Waals surface area contributed by atoms with Crippen molar-refractivity contribution in [2.75, 3.05) is 0 Å². The lowest BCUT2D eigenvalue weighted by Crippen LogP contribution is -2.10. The highest BCUT2D eigenvalue weighted by Gasteiger charge is 2.27. The average molecular weight is 328 g/mol. The highest BCUT2D eigenvalue weighted by molar-refractivity contribution is 7.15. The molecule has 1 N–H and O–H groups in total. The molecular formula is C17H20N4OS. The van der Waals surface area contributed by atoms with Gasteiger partial charge in [-0.1, -0.05) is 13.3 Å². The first-order valence-corrected chi connectivity index (χ1v) is 8.70. The summed E-state index contributed by atoms with van der Waals surface area (Å²) in [5, 5.41) is 9.39. The van der Waals surface area contributed by atoms with Crippen LogP contribution in [0.25, 0.3) is 10.4 Å². The van der Waals surface area contributed by atoms with Crippen LogP contribution in [0.15, 0.2) is 30.6 Å². The molecule has 0 amide bonds. The van der Waals surface area contributed by atoms with E-state index < -0.39 is 0 Å². The molecule has 1 fully saturated rings. The number of nitrogens with zero attached hydrogens (tertiary/aromatic N) is 3. The quantitative estimate of drug-likeness (QED) is 0.497. The van der Waals surface area contributed by atoms with Crippen molar-refractivity contribution in [1.82, 2.24) is 15.0 Å². The first-order valence-electron chi connectivity index (χ1n) is 7.88. The lowest BCUT2D eigenvalue weighted by Gasteiger charge is -2.22. The molecule has 2 heterocycles. The molecule has 1 aliphatic carbocycles. The van der Waals surface area contributed by atoms with E-state index in [9.17, 15) is 0 Å². The predicted octanol–water partition coefficient (Wildman–Crippen LogP) is 4.52. The van der Waals surface area contributed by atoms with Gasteiger partial charge in [-0.3, -0.25) is 5.41 Å². The van der Waals surface area contributed by atoms with Crippen LogP contribution in [0.3, 0.4) is 0 Å². The fraction of sp³-hybridized carbons (Fsp3) is 0.412. The van der Waals surface area contributed by atoms with Crippen molar-refractivity contribution < 1.29 is 4.74 Å². The maximum atomic E-state index is 8.30. The van der Waals surface area contributed by atoms with Crippen LogP contribution in [0.5, 0.6) is 0 Å². The largest absolute Gasteiger partial charge is 0.443 e.